The van der Waals surface area contributed by atoms with Gasteiger partial charge in [0, 0.05) is 12.6 Å². The summed E-state index contributed by atoms with van der Waals surface area (Å²) in [5.41, 5.74) is 2.82. The molecular formula is C15H25IN-. The van der Waals surface area contributed by atoms with Gasteiger partial charge in [0.05, 0.1) is 0 Å². The van der Waals surface area contributed by atoms with E-state index in [1.165, 1.54) is 30.5 Å². The lowest BCUT2D eigenvalue weighted by Gasteiger charge is -2.26. The molecule has 0 radical (unpaired) electrons. The molecule has 0 bridgehead atoms. The molecule has 1 unspecified atom stereocenters. The van der Waals surface area contributed by atoms with Gasteiger partial charge in [-0.15, -0.1) is 0 Å². The maximum absolute atomic E-state index is 2.56. The van der Waals surface area contributed by atoms with Crippen LogP contribution in [0.4, 0.5) is 0 Å². The summed E-state index contributed by atoms with van der Waals surface area (Å²) in [6.45, 7) is 11.3. The topological polar surface area (TPSA) is 3.24 Å². The average Bonchev–Trinajstić information content (AvgIpc) is 2.29. The van der Waals surface area contributed by atoms with E-state index in [1.807, 2.05) is 0 Å². The second-order valence-corrected chi connectivity index (χ2v) is 4.62. The first-order chi connectivity index (χ1) is 7.67. The molecule has 98 valence electrons. The van der Waals surface area contributed by atoms with Gasteiger partial charge in [0.2, 0.25) is 0 Å². The molecule has 0 spiro atoms. The first-order valence-electron chi connectivity index (χ1n) is 6.47. The van der Waals surface area contributed by atoms with Gasteiger partial charge in [0.25, 0.3) is 0 Å². The van der Waals surface area contributed by atoms with Crippen molar-refractivity contribution in [1.29, 1.82) is 0 Å². The van der Waals surface area contributed by atoms with Crippen LogP contribution in [0.5, 0.6) is 0 Å². The Bertz CT molecular complexity index is 312. The summed E-state index contributed by atoms with van der Waals surface area (Å²) in [5, 5.41) is 0. The lowest BCUT2D eigenvalue weighted by Crippen LogP contribution is -3.00. The molecule has 0 saturated carbocycles. The van der Waals surface area contributed by atoms with Crippen LogP contribution in [0.2, 0.25) is 0 Å². The van der Waals surface area contributed by atoms with Crippen LogP contribution in [-0.2, 0) is 6.42 Å². The predicted molar refractivity (Wildman–Crippen MR) is 71.9 cm³/mol. The molecule has 0 N–H and O–H groups in total. The molecule has 0 heterocycles. The third-order valence-corrected chi connectivity index (χ3v) is 3.39. The lowest BCUT2D eigenvalue weighted by molar-refractivity contribution is -0.00000375. The lowest BCUT2D eigenvalue weighted by atomic mass is 10.1. The largest absolute Gasteiger partial charge is 1.00 e. The molecule has 0 aliphatic rings. The van der Waals surface area contributed by atoms with Gasteiger partial charge in [0.15, 0.2) is 0 Å². The van der Waals surface area contributed by atoms with Gasteiger partial charge in [0.1, 0.15) is 0 Å². The van der Waals surface area contributed by atoms with Crippen molar-refractivity contribution in [2.24, 2.45) is 0 Å². The van der Waals surface area contributed by atoms with Crippen LogP contribution in [0.1, 0.15) is 38.3 Å². The van der Waals surface area contributed by atoms with Crippen molar-refractivity contribution >= 4 is 0 Å². The van der Waals surface area contributed by atoms with E-state index >= 15 is 0 Å². The van der Waals surface area contributed by atoms with Gasteiger partial charge in [-0.25, -0.2) is 0 Å². The Labute approximate surface area is 124 Å². The summed E-state index contributed by atoms with van der Waals surface area (Å²) >= 11 is 0. The highest BCUT2D eigenvalue weighted by Gasteiger charge is 2.09. The van der Waals surface area contributed by atoms with Crippen molar-refractivity contribution in [3.05, 3.63) is 35.4 Å². The molecular weight excluding hydrogens is 321 g/mol. The van der Waals surface area contributed by atoms with Crippen LogP contribution in [-0.4, -0.2) is 24.0 Å². The molecule has 0 fully saturated rings. The van der Waals surface area contributed by atoms with Crippen molar-refractivity contribution in [3.63, 3.8) is 0 Å². The minimum Gasteiger partial charge on any atom is -1.00 e. The number of benzene rings is 1. The molecule has 0 aliphatic heterocycles. The standard InChI is InChI=1S/C15H25N.HI/c1-5-14(4)16(6-2)11-10-15-9-7-8-13(3)12-15;/h7-9,12,14H,5-6,10-11H2,1-4H3;1H/p-1. The first kappa shape index (κ1) is 16.9. The van der Waals surface area contributed by atoms with Crippen LogP contribution in [0.15, 0.2) is 24.3 Å². The second-order valence-electron chi connectivity index (χ2n) is 4.62. The van der Waals surface area contributed by atoms with Gasteiger partial charge in [-0.1, -0.05) is 43.7 Å². The molecule has 0 saturated heterocycles. The summed E-state index contributed by atoms with van der Waals surface area (Å²) in [4.78, 5) is 2.56. The number of hydrogen-bond acceptors (Lipinski definition) is 1. The zero-order chi connectivity index (χ0) is 12.0. The van der Waals surface area contributed by atoms with E-state index in [-0.39, 0.29) is 24.0 Å². The maximum atomic E-state index is 2.56. The van der Waals surface area contributed by atoms with E-state index in [1.54, 1.807) is 0 Å². The molecule has 0 amide bonds. The second kappa shape index (κ2) is 8.92. The summed E-state index contributed by atoms with van der Waals surface area (Å²) in [7, 11) is 0. The van der Waals surface area contributed by atoms with Crippen molar-refractivity contribution in [2.45, 2.75) is 46.6 Å². The number of likely N-dealkylation sites (N-methyl/N-ethyl adjacent to an activating group) is 1. The van der Waals surface area contributed by atoms with Crippen molar-refractivity contribution in [1.82, 2.24) is 4.90 Å². The average molecular weight is 346 g/mol. The molecule has 1 aromatic rings. The van der Waals surface area contributed by atoms with E-state index in [0.29, 0.717) is 6.04 Å². The Morgan fingerprint density at radius 3 is 2.47 bits per heavy atom. The van der Waals surface area contributed by atoms with E-state index in [9.17, 15) is 0 Å². The van der Waals surface area contributed by atoms with Crippen molar-refractivity contribution < 1.29 is 24.0 Å². The zero-order valence-electron chi connectivity index (χ0n) is 11.5. The Morgan fingerprint density at radius 1 is 1.24 bits per heavy atom. The van der Waals surface area contributed by atoms with Crippen LogP contribution in [0.3, 0.4) is 0 Å². The van der Waals surface area contributed by atoms with Crippen molar-refractivity contribution in [2.75, 3.05) is 13.1 Å². The summed E-state index contributed by atoms with van der Waals surface area (Å²) in [5.74, 6) is 0. The molecule has 1 aromatic carbocycles. The fourth-order valence-corrected chi connectivity index (χ4v) is 2.09. The summed E-state index contributed by atoms with van der Waals surface area (Å²) < 4.78 is 0. The van der Waals surface area contributed by atoms with E-state index < -0.39 is 0 Å². The molecule has 2 heteroatoms. The summed E-state index contributed by atoms with van der Waals surface area (Å²) in [6.07, 6.45) is 2.40. The number of hydrogen-bond donors (Lipinski definition) is 0. The van der Waals surface area contributed by atoms with Crippen LogP contribution in [0, 0.1) is 6.92 Å². The third kappa shape index (κ3) is 5.87. The molecule has 1 rings (SSSR count). The minimum absolute atomic E-state index is 0. The summed E-state index contributed by atoms with van der Waals surface area (Å²) in [6, 6.07) is 9.55. The van der Waals surface area contributed by atoms with Gasteiger partial charge in [-0.3, -0.25) is 0 Å². The fourth-order valence-electron chi connectivity index (χ4n) is 2.09. The molecule has 0 aliphatic carbocycles. The third-order valence-electron chi connectivity index (χ3n) is 3.39. The normalized spacial score (nSPS) is 12.3. The monoisotopic (exact) mass is 346 g/mol. The van der Waals surface area contributed by atoms with E-state index in [4.69, 9.17) is 0 Å². The van der Waals surface area contributed by atoms with E-state index in [0.717, 1.165) is 6.54 Å². The predicted octanol–water partition coefficient (Wildman–Crippen LogP) is 0.662. The molecule has 17 heavy (non-hydrogen) atoms. The van der Waals surface area contributed by atoms with Gasteiger partial charge in [-0.2, -0.15) is 0 Å². The Balaban J connectivity index is 0.00000256. The molecule has 1 nitrogen and oxygen atoms in total. The molecule has 0 aromatic heterocycles. The molecule has 1 atom stereocenters. The maximum Gasteiger partial charge on any atom is 0.00643 e. The van der Waals surface area contributed by atoms with Gasteiger partial charge >= 0.3 is 0 Å². The smallest absolute Gasteiger partial charge is 0.00643 e. The number of nitrogens with zero attached hydrogens (tertiary/aromatic N) is 1. The zero-order valence-corrected chi connectivity index (χ0v) is 13.7. The fraction of sp³-hybridized carbons (Fsp3) is 0.600. The minimum atomic E-state index is 0. The first-order valence-corrected chi connectivity index (χ1v) is 6.47. The van der Waals surface area contributed by atoms with Gasteiger partial charge < -0.3 is 28.9 Å². The van der Waals surface area contributed by atoms with Crippen molar-refractivity contribution in [3.8, 4) is 0 Å². The highest BCUT2D eigenvalue weighted by molar-refractivity contribution is 5.22. The highest BCUT2D eigenvalue weighted by atomic mass is 127. The van der Waals surface area contributed by atoms with Crippen LogP contribution in [0.25, 0.3) is 0 Å². The SMILES string of the molecule is CCC(C)N(CC)CCc1cccc(C)c1.[I-]. The van der Waals surface area contributed by atoms with Crippen LogP contribution < -0.4 is 24.0 Å². The number of rotatable bonds is 6. The van der Waals surface area contributed by atoms with Gasteiger partial charge in [-0.05, 0) is 38.8 Å². The van der Waals surface area contributed by atoms with E-state index in [2.05, 4.69) is 56.9 Å². The Kier molecular flexibility index (Phi) is 8.88. The number of halogens is 1. The Hall–Kier alpha value is -0.0900. The van der Waals surface area contributed by atoms with Crippen LogP contribution >= 0.6 is 0 Å². The Morgan fingerprint density at radius 2 is 1.94 bits per heavy atom. The number of aryl methyl sites for hydroxylation is 1. The quantitative estimate of drug-likeness (QED) is 0.685. The highest BCUT2D eigenvalue weighted by Crippen LogP contribution is 2.08.